The number of anilines is 1. The maximum absolute atomic E-state index is 12.7. The van der Waals surface area contributed by atoms with Gasteiger partial charge in [0, 0.05) is 12.2 Å². The van der Waals surface area contributed by atoms with Crippen molar-refractivity contribution in [2.45, 2.75) is 6.54 Å². The van der Waals surface area contributed by atoms with Crippen molar-refractivity contribution in [3.05, 3.63) is 65.5 Å². The monoisotopic (exact) mass is 288 g/mol. The van der Waals surface area contributed by atoms with Gasteiger partial charge in [-0.1, -0.05) is 12.1 Å². The van der Waals surface area contributed by atoms with Crippen molar-refractivity contribution in [3.8, 4) is 0 Å². The predicted molar refractivity (Wildman–Crippen MR) is 75.7 cm³/mol. The summed E-state index contributed by atoms with van der Waals surface area (Å²) in [6.07, 6.45) is 0. The summed E-state index contributed by atoms with van der Waals surface area (Å²) < 4.78 is 12.7. The molecule has 0 unspecified atom stereocenters. The Morgan fingerprint density at radius 1 is 1.10 bits per heavy atom. The Labute approximate surface area is 120 Å². The second-order valence-electron chi connectivity index (χ2n) is 4.32. The number of carbonyl (C=O) groups is 2. The Morgan fingerprint density at radius 2 is 1.81 bits per heavy atom. The van der Waals surface area contributed by atoms with Crippen LogP contribution in [-0.4, -0.2) is 17.1 Å². The highest BCUT2D eigenvalue weighted by molar-refractivity contribution is 5.89. The molecule has 21 heavy (non-hydrogen) atoms. The summed E-state index contributed by atoms with van der Waals surface area (Å²) in [7, 11) is 0. The zero-order chi connectivity index (χ0) is 15.2. The van der Waals surface area contributed by atoms with Crippen LogP contribution in [0.25, 0.3) is 0 Å². The van der Waals surface area contributed by atoms with Crippen molar-refractivity contribution in [2.75, 3.05) is 5.32 Å². The first-order valence-electron chi connectivity index (χ1n) is 6.17. The molecule has 0 spiro atoms. The number of hydrogen-bond donors (Lipinski definition) is 3. The first-order chi connectivity index (χ1) is 10.0. The number of carboxylic acids is 1. The van der Waals surface area contributed by atoms with Crippen LogP contribution in [0.2, 0.25) is 0 Å². The number of hydrogen-bond acceptors (Lipinski definition) is 2. The minimum absolute atomic E-state index is 0.160. The number of halogens is 1. The van der Waals surface area contributed by atoms with E-state index in [9.17, 15) is 14.0 Å². The zero-order valence-corrected chi connectivity index (χ0v) is 11.0. The number of amides is 2. The van der Waals surface area contributed by atoms with Gasteiger partial charge in [0.25, 0.3) is 0 Å². The number of carbonyl (C=O) groups excluding carboxylic acids is 1. The smallest absolute Gasteiger partial charge is 0.335 e. The molecule has 0 fully saturated rings. The Bertz CT molecular complexity index is 656. The molecule has 0 aliphatic heterocycles. The predicted octanol–water partition coefficient (Wildman–Crippen LogP) is 2.85. The Balaban J connectivity index is 1.90. The van der Waals surface area contributed by atoms with Gasteiger partial charge in [-0.05, 0) is 42.0 Å². The largest absolute Gasteiger partial charge is 0.478 e. The third-order valence-electron chi connectivity index (χ3n) is 2.73. The first kappa shape index (κ1) is 14.5. The molecule has 0 heterocycles. The molecule has 0 bridgehead atoms. The highest BCUT2D eigenvalue weighted by atomic mass is 19.1. The van der Waals surface area contributed by atoms with E-state index in [0.29, 0.717) is 11.3 Å². The van der Waals surface area contributed by atoms with Gasteiger partial charge in [-0.15, -0.1) is 0 Å². The van der Waals surface area contributed by atoms with Gasteiger partial charge in [0.15, 0.2) is 0 Å². The molecule has 0 atom stereocenters. The van der Waals surface area contributed by atoms with E-state index in [2.05, 4.69) is 10.6 Å². The van der Waals surface area contributed by atoms with Gasteiger partial charge in [0.05, 0.1) is 5.56 Å². The van der Waals surface area contributed by atoms with E-state index >= 15 is 0 Å². The summed E-state index contributed by atoms with van der Waals surface area (Å²) in [5.41, 5.74) is 1.30. The van der Waals surface area contributed by atoms with Crippen LogP contribution in [0.3, 0.4) is 0 Å². The van der Waals surface area contributed by atoms with Gasteiger partial charge in [0.2, 0.25) is 0 Å². The second-order valence-corrected chi connectivity index (χ2v) is 4.32. The molecular formula is C15H13FN2O3. The van der Waals surface area contributed by atoms with Crippen molar-refractivity contribution in [3.63, 3.8) is 0 Å². The molecule has 6 heteroatoms. The maximum Gasteiger partial charge on any atom is 0.335 e. The average Bonchev–Trinajstić information content (AvgIpc) is 2.48. The van der Waals surface area contributed by atoms with Crippen LogP contribution in [0.1, 0.15) is 15.9 Å². The Kier molecular flexibility index (Phi) is 4.50. The summed E-state index contributed by atoms with van der Waals surface area (Å²) in [6.45, 7) is 0.189. The number of benzene rings is 2. The molecule has 5 nitrogen and oxygen atoms in total. The number of carboxylic acid groups (broad SMARTS) is 1. The van der Waals surface area contributed by atoms with Crippen LogP contribution in [0.4, 0.5) is 14.9 Å². The Morgan fingerprint density at radius 3 is 2.48 bits per heavy atom. The van der Waals surface area contributed by atoms with Gasteiger partial charge in [-0.2, -0.15) is 0 Å². The molecule has 3 N–H and O–H groups in total. The molecule has 0 radical (unpaired) electrons. The topological polar surface area (TPSA) is 78.4 Å². The van der Waals surface area contributed by atoms with Crippen LogP contribution in [0, 0.1) is 5.82 Å². The summed E-state index contributed by atoms with van der Waals surface area (Å²) in [4.78, 5) is 22.5. The molecule has 0 aliphatic carbocycles. The van der Waals surface area contributed by atoms with Crippen LogP contribution in [0.15, 0.2) is 48.5 Å². The number of urea groups is 1. The van der Waals surface area contributed by atoms with Gasteiger partial charge >= 0.3 is 12.0 Å². The summed E-state index contributed by atoms with van der Waals surface area (Å²) in [6, 6.07) is 11.2. The third-order valence-corrected chi connectivity index (χ3v) is 2.73. The van der Waals surface area contributed by atoms with Gasteiger partial charge in [0.1, 0.15) is 5.82 Å². The molecule has 2 aromatic carbocycles. The molecule has 0 aliphatic rings. The van der Waals surface area contributed by atoms with Crippen LogP contribution < -0.4 is 10.6 Å². The first-order valence-corrected chi connectivity index (χ1v) is 6.17. The van der Waals surface area contributed by atoms with Gasteiger partial charge in [-0.25, -0.2) is 14.0 Å². The lowest BCUT2D eigenvalue weighted by Gasteiger charge is -2.08. The minimum atomic E-state index is -1.02. The molecule has 0 saturated heterocycles. The lowest BCUT2D eigenvalue weighted by Crippen LogP contribution is -2.28. The quantitative estimate of drug-likeness (QED) is 0.809. The molecule has 2 amide bonds. The zero-order valence-electron chi connectivity index (χ0n) is 11.0. The number of nitrogens with one attached hydrogen (secondary N) is 2. The maximum atomic E-state index is 12.7. The second kappa shape index (κ2) is 6.51. The SMILES string of the molecule is O=C(NCc1cccc(C(=O)O)c1)Nc1ccc(F)cc1. The van der Waals surface area contributed by atoms with Crippen molar-refractivity contribution in [2.24, 2.45) is 0 Å². The van der Waals surface area contributed by atoms with Crippen LogP contribution in [0.5, 0.6) is 0 Å². The number of aromatic carboxylic acids is 1. The average molecular weight is 288 g/mol. The van der Waals surface area contributed by atoms with E-state index < -0.39 is 12.0 Å². The lowest BCUT2D eigenvalue weighted by molar-refractivity contribution is 0.0696. The minimum Gasteiger partial charge on any atom is -0.478 e. The third kappa shape index (κ3) is 4.31. The standard InChI is InChI=1S/C15H13FN2O3/c16-12-4-6-13(7-5-12)18-15(21)17-9-10-2-1-3-11(8-10)14(19)20/h1-8H,9H2,(H,19,20)(H2,17,18,21). The molecule has 0 aromatic heterocycles. The Hall–Kier alpha value is -2.89. The summed E-state index contributed by atoms with van der Waals surface area (Å²) >= 11 is 0. The van der Waals surface area contributed by atoms with E-state index in [4.69, 9.17) is 5.11 Å². The van der Waals surface area contributed by atoms with Crippen molar-refractivity contribution in [1.82, 2.24) is 5.32 Å². The lowest BCUT2D eigenvalue weighted by atomic mass is 10.1. The fraction of sp³-hybridized carbons (Fsp3) is 0.0667. The van der Waals surface area contributed by atoms with E-state index in [1.165, 1.54) is 36.4 Å². The van der Waals surface area contributed by atoms with E-state index in [1.807, 2.05) is 0 Å². The van der Waals surface area contributed by atoms with E-state index in [-0.39, 0.29) is 17.9 Å². The highest BCUT2D eigenvalue weighted by Gasteiger charge is 2.05. The fourth-order valence-electron chi connectivity index (χ4n) is 1.71. The normalized spacial score (nSPS) is 9.95. The number of rotatable bonds is 4. The van der Waals surface area contributed by atoms with Crippen LogP contribution >= 0.6 is 0 Å². The molecular weight excluding hydrogens is 275 g/mol. The molecule has 2 aromatic rings. The summed E-state index contributed by atoms with van der Waals surface area (Å²) in [5.74, 6) is -1.40. The molecule has 2 rings (SSSR count). The van der Waals surface area contributed by atoms with Gasteiger partial charge < -0.3 is 15.7 Å². The summed E-state index contributed by atoms with van der Waals surface area (Å²) in [5, 5.41) is 14.0. The fourth-order valence-corrected chi connectivity index (χ4v) is 1.71. The van der Waals surface area contributed by atoms with Crippen molar-refractivity contribution in [1.29, 1.82) is 0 Å². The highest BCUT2D eigenvalue weighted by Crippen LogP contribution is 2.08. The van der Waals surface area contributed by atoms with Gasteiger partial charge in [-0.3, -0.25) is 0 Å². The van der Waals surface area contributed by atoms with Crippen molar-refractivity contribution < 1.29 is 19.1 Å². The van der Waals surface area contributed by atoms with Crippen LogP contribution in [-0.2, 0) is 6.54 Å². The molecule has 0 saturated carbocycles. The van der Waals surface area contributed by atoms with E-state index in [0.717, 1.165) is 0 Å². The molecule has 108 valence electrons. The van der Waals surface area contributed by atoms with Crippen molar-refractivity contribution >= 4 is 17.7 Å². The van der Waals surface area contributed by atoms with E-state index in [1.54, 1.807) is 12.1 Å².